The number of halogens is 3. The van der Waals surface area contributed by atoms with Crippen LogP contribution in [0.25, 0.3) is 11.3 Å². The second kappa shape index (κ2) is 9.60. The fourth-order valence-corrected chi connectivity index (χ4v) is 3.70. The van der Waals surface area contributed by atoms with Crippen molar-refractivity contribution in [3.05, 3.63) is 64.5 Å². The van der Waals surface area contributed by atoms with Crippen molar-refractivity contribution in [3.8, 4) is 22.8 Å². The molecule has 3 rings (SSSR count). The molecule has 0 atom stereocenters. The standard InChI is InChI=1S/C23H22F3NO4S/c1-22(2,21(28)29)31-16-11-9-15(10-12-16)30-13-5-8-20-27-19(14-32-20)17-6-3-4-7-18(17)23(24,25)26/h3-4,6-7,9-12,14H,5,8,13H2,1-2H3,(H,28,29). The number of nitrogens with zero attached hydrogens (tertiary/aromatic N) is 1. The Balaban J connectivity index is 1.52. The maximum Gasteiger partial charge on any atom is 0.417 e. The van der Waals surface area contributed by atoms with Crippen LogP contribution in [-0.2, 0) is 17.4 Å². The number of thiazole rings is 1. The quantitative estimate of drug-likeness (QED) is 0.388. The van der Waals surface area contributed by atoms with Gasteiger partial charge in [-0.2, -0.15) is 13.2 Å². The molecule has 0 bridgehead atoms. The number of carboxylic acid groups (broad SMARTS) is 1. The molecule has 0 spiro atoms. The summed E-state index contributed by atoms with van der Waals surface area (Å²) in [5.41, 5.74) is -1.64. The van der Waals surface area contributed by atoms with Crippen molar-refractivity contribution in [1.29, 1.82) is 0 Å². The van der Waals surface area contributed by atoms with Crippen LogP contribution in [0.5, 0.6) is 11.5 Å². The largest absolute Gasteiger partial charge is 0.494 e. The van der Waals surface area contributed by atoms with Gasteiger partial charge in [0.25, 0.3) is 0 Å². The zero-order valence-corrected chi connectivity index (χ0v) is 18.3. The fraction of sp³-hybridized carbons (Fsp3) is 0.304. The number of aryl methyl sites for hydroxylation is 1. The Bertz CT molecular complexity index is 1060. The van der Waals surface area contributed by atoms with Crippen LogP contribution in [-0.4, -0.2) is 28.3 Å². The second-order valence-electron chi connectivity index (χ2n) is 7.51. The molecule has 1 heterocycles. The first kappa shape index (κ1) is 23.6. The van der Waals surface area contributed by atoms with E-state index in [2.05, 4.69) is 4.98 Å². The van der Waals surface area contributed by atoms with Crippen molar-refractivity contribution in [3.63, 3.8) is 0 Å². The Morgan fingerprint density at radius 1 is 1.06 bits per heavy atom. The van der Waals surface area contributed by atoms with Gasteiger partial charge >= 0.3 is 12.1 Å². The Morgan fingerprint density at radius 3 is 2.38 bits per heavy atom. The third-order valence-electron chi connectivity index (χ3n) is 4.58. The van der Waals surface area contributed by atoms with E-state index < -0.39 is 23.3 Å². The Labute approximate surface area is 187 Å². The van der Waals surface area contributed by atoms with Gasteiger partial charge in [-0.3, -0.25) is 0 Å². The van der Waals surface area contributed by atoms with Crippen molar-refractivity contribution >= 4 is 17.3 Å². The zero-order valence-electron chi connectivity index (χ0n) is 17.5. The number of ether oxygens (including phenoxy) is 2. The van der Waals surface area contributed by atoms with Gasteiger partial charge in [-0.1, -0.05) is 18.2 Å². The van der Waals surface area contributed by atoms with Crippen LogP contribution in [0.2, 0.25) is 0 Å². The van der Waals surface area contributed by atoms with Gasteiger partial charge in [-0.05, 0) is 50.6 Å². The Kier molecular flexibility index (Phi) is 7.08. The van der Waals surface area contributed by atoms with Gasteiger partial charge in [-0.25, -0.2) is 9.78 Å². The lowest BCUT2D eigenvalue weighted by atomic mass is 10.1. The first-order chi connectivity index (χ1) is 15.1. The maximum absolute atomic E-state index is 13.2. The van der Waals surface area contributed by atoms with Crippen LogP contribution < -0.4 is 9.47 Å². The summed E-state index contributed by atoms with van der Waals surface area (Å²) in [5, 5.41) is 11.5. The lowest BCUT2D eigenvalue weighted by Gasteiger charge is -2.21. The van der Waals surface area contributed by atoms with E-state index in [1.54, 1.807) is 35.7 Å². The van der Waals surface area contributed by atoms with Gasteiger partial charge in [0, 0.05) is 17.4 Å². The van der Waals surface area contributed by atoms with E-state index >= 15 is 0 Å². The smallest absolute Gasteiger partial charge is 0.417 e. The average Bonchev–Trinajstić information content (AvgIpc) is 3.20. The molecule has 0 unspecified atom stereocenters. The van der Waals surface area contributed by atoms with E-state index in [1.807, 2.05) is 0 Å². The van der Waals surface area contributed by atoms with Crippen LogP contribution in [0.1, 0.15) is 30.8 Å². The summed E-state index contributed by atoms with van der Waals surface area (Å²) >= 11 is 1.32. The number of hydrogen-bond donors (Lipinski definition) is 1. The SMILES string of the molecule is CC(C)(Oc1ccc(OCCCc2nc(-c3ccccc3C(F)(F)F)cs2)cc1)C(=O)O. The maximum atomic E-state index is 13.2. The van der Waals surface area contributed by atoms with E-state index in [1.165, 1.54) is 37.3 Å². The zero-order chi connectivity index (χ0) is 23.4. The highest BCUT2D eigenvalue weighted by Gasteiger charge is 2.33. The summed E-state index contributed by atoms with van der Waals surface area (Å²) in [6.07, 6.45) is -3.22. The third-order valence-corrected chi connectivity index (χ3v) is 5.48. The highest BCUT2D eigenvalue weighted by Crippen LogP contribution is 2.37. The molecule has 0 amide bonds. The number of aliphatic carboxylic acids is 1. The normalized spacial score (nSPS) is 11.9. The fourth-order valence-electron chi connectivity index (χ4n) is 2.86. The Hall–Kier alpha value is -3.07. The lowest BCUT2D eigenvalue weighted by Crippen LogP contribution is -2.37. The molecule has 2 aromatic carbocycles. The number of rotatable bonds is 9. The van der Waals surface area contributed by atoms with Crippen LogP contribution in [0, 0.1) is 0 Å². The summed E-state index contributed by atoms with van der Waals surface area (Å²) in [7, 11) is 0. The van der Waals surface area contributed by atoms with Gasteiger partial charge in [0.1, 0.15) is 11.5 Å². The molecule has 0 aliphatic rings. The first-order valence-corrected chi connectivity index (χ1v) is 10.7. The highest BCUT2D eigenvalue weighted by molar-refractivity contribution is 7.09. The molecule has 1 N–H and O–H groups in total. The minimum absolute atomic E-state index is 0.0761. The molecule has 0 aliphatic carbocycles. The predicted molar refractivity (Wildman–Crippen MR) is 115 cm³/mol. The van der Waals surface area contributed by atoms with Gasteiger partial charge < -0.3 is 14.6 Å². The van der Waals surface area contributed by atoms with E-state index in [0.717, 1.165) is 11.1 Å². The minimum atomic E-state index is -4.43. The molecule has 0 saturated heterocycles. The van der Waals surface area contributed by atoms with Crippen LogP contribution >= 0.6 is 11.3 Å². The molecule has 32 heavy (non-hydrogen) atoms. The van der Waals surface area contributed by atoms with Gasteiger partial charge in [-0.15, -0.1) is 11.3 Å². The van der Waals surface area contributed by atoms with Crippen LogP contribution in [0.15, 0.2) is 53.9 Å². The first-order valence-electron chi connectivity index (χ1n) is 9.82. The van der Waals surface area contributed by atoms with E-state index in [-0.39, 0.29) is 5.56 Å². The molecule has 170 valence electrons. The van der Waals surface area contributed by atoms with Gasteiger partial charge in [0.05, 0.1) is 22.9 Å². The van der Waals surface area contributed by atoms with Gasteiger partial charge in [0.2, 0.25) is 0 Å². The summed E-state index contributed by atoms with van der Waals surface area (Å²) < 4.78 is 50.8. The van der Waals surface area contributed by atoms with Gasteiger partial charge in [0.15, 0.2) is 5.60 Å². The third kappa shape index (κ3) is 6.00. The number of benzene rings is 2. The molecular formula is C23H22F3NO4S. The van der Waals surface area contributed by atoms with Crippen molar-refractivity contribution in [2.45, 2.75) is 38.5 Å². The molecule has 3 aromatic rings. The molecular weight excluding hydrogens is 443 g/mol. The minimum Gasteiger partial charge on any atom is -0.494 e. The lowest BCUT2D eigenvalue weighted by molar-refractivity contribution is -0.152. The molecule has 0 fully saturated rings. The molecule has 5 nitrogen and oxygen atoms in total. The number of carbonyl (C=O) groups is 1. The molecule has 0 aliphatic heterocycles. The predicted octanol–water partition coefficient (Wildman–Crippen LogP) is 6.08. The van der Waals surface area contributed by atoms with E-state index in [9.17, 15) is 18.0 Å². The van der Waals surface area contributed by atoms with Crippen LogP contribution in [0.4, 0.5) is 13.2 Å². The summed E-state index contributed by atoms with van der Waals surface area (Å²) in [6, 6.07) is 12.0. The monoisotopic (exact) mass is 465 g/mol. The number of hydrogen-bond acceptors (Lipinski definition) is 5. The number of carboxylic acids is 1. The molecule has 9 heteroatoms. The topological polar surface area (TPSA) is 68.7 Å². The molecule has 0 saturated carbocycles. The van der Waals surface area contributed by atoms with Crippen molar-refractivity contribution in [1.82, 2.24) is 4.98 Å². The summed E-state index contributed by atoms with van der Waals surface area (Å²) in [5.74, 6) is -0.0475. The number of aromatic nitrogens is 1. The molecule has 0 radical (unpaired) electrons. The summed E-state index contributed by atoms with van der Waals surface area (Å²) in [4.78, 5) is 15.5. The highest BCUT2D eigenvalue weighted by atomic mass is 32.1. The van der Waals surface area contributed by atoms with E-state index in [0.29, 0.717) is 36.6 Å². The van der Waals surface area contributed by atoms with Crippen molar-refractivity contribution in [2.24, 2.45) is 0 Å². The van der Waals surface area contributed by atoms with Crippen LogP contribution in [0.3, 0.4) is 0 Å². The van der Waals surface area contributed by atoms with E-state index in [4.69, 9.17) is 14.6 Å². The van der Waals surface area contributed by atoms with Crippen molar-refractivity contribution < 1.29 is 32.5 Å². The summed E-state index contributed by atoms with van der Waals surface area (Å²) in [6.45, 7) is 3.33. The van der Waals surface area contributed by atoms with Crippen molar-refractivity contribution in [2.75, 3.05) is 6.61 Å². The Morgan fingerprint density at radius 2 is 1.72 bits per heavy atom. The number of alkyl halides is 3. The molecule has 1 aromatic heterocycles. The second-order valence-corrected chi connectivity index (χ2v) is 8.45. The average molecular weight is 465 g/mol.